The number of carboxylic acid groups (broad SMARTS) is 1. The number of hydrogen-bond donors (Lipinski definition) is 2. The molecule has 0 bridgehead atoms. The van der Waals surface area contributed by atoms with Crippen molar-refractivity contribution in [3.63, 3.8) is 0 Å². The van der Waals surface area contributed by atoms with Crippen LogP contribution in [0.1, 0.15) is 18.5 Å². The Morgan fingerprint density at radius 3 is 2.65 bits per heavy atom. The molecule has 4 rings (SSSR count). The molecule has 12 nitrogen and oxygen atoms in total. The quantitative estimate of drug-likeness (QED) is 0.180. The van der Waals surface area contributed by atoms with E-state index >= 15 is 0 Å². The number of nitrogens with two attached hydrogens (primary N) is 1. The normalized spacial score (nSPS) is 23.3. The van der Waals surface area contributed by atoms with Crippen LogP contribution in [0.25, 0.3) is 0 Å². The third kappa shape index (κ3) is 5.15. The molecule has 15 heteroatoms. The van der Waals surface area contributed by atoms with Crippen molar-refractivity contribution in [1.29, 1.82) is 0 Å². The topological polar surface area (TPSA) is 182 Å². The maximum Gasteiger partial charge on any atom is 0.276 e. The van der Waals surface area contributed by atoms with E-state index in [0.717, 1.165) is 41.8 Å². The Bertz CT molecular complexity index is 1020. The minimum Gasteiger partial charge on any atom is -0.543 e. The molecule has 2 fully saturated rings. The third-order valence-corrected chi connectivity index (χ3v) is 7.92. The molecule has 3 aliphatic heterocycles. The number of likely N-dealkylation sites (N-methyl/N-ethyl adjacent to an activating group) is 1. The van der Waals surface area contributed by atoms with Gasteiger partial charge in [-0.3, -0.25) is 14.5 Å². The second kappa shape index (κ2) is 10.9. The molecule has 4 heterocycles. The molecule has 0 radical (unpaired) electrons. The highest BCUT2D eigenvalue weighted by atomic mass is 35.5. The minimum absolute atomic E-state index is 0. The fraction of sp³-hybridized carbons (Fsp3) is 0.526. The molecule has 0 aliphatic carbocycles. The fourth-order valence-electron chi connectivity index (χ4n) is 4.41. The van der Waals surface area contributed by atoms with Gasteiger partial charge < -0.3 is 35.7 Å². The number of aliphatic carboxylic acids is 1. The molecule has 2 amide bonds. The molecule has 2 saturated heterocycles. The Hall–Kier alpha value is -2.39. The summed E-state index contributed by atoms with van der Waals surface area (Å²) >= 11 is 2.57. The van der Waals surface area contributed by atoms with Gasteiger partial charge >= 0.3 is 0 Å². The number of rotatable bonds is 7. The summed E-state index contributed by atoms with van der Waals surface area (Å²) in [6.45, 7) is 2.53. The number of anilines is 1. The number of carbonyl (C=O) groups excluding carboxylic acids is 3. The second-order valence-electron chi connectivity index (χ2n) is 8.23. The number of halogens is 1. The number of fused-ring (bicyclic) bond motifs is 1. The van der Waals surface area contributed by atoms with E-state index in [1.165, 1.54) is 23.8 Å². The average molecular weight is 535 g/mol. The summed E-state index contributed by atoms with van der Waals surface area (Å²) in [5.41, 5.74) is 6.39. The lowest BCUT2D eigenvalue weighted by Crippen LogP contribution is -2.71. The van der Waals surface area contributed by atoms with Crippen LogP contribution in [0.3, 0.4) is 0 Å². The number of likely N-dealkylation sites (tertiary alicyclic amines) is 1. The van der Waals surface area contributed by atoms with Gasteiger partial charge in [0.25, 0.3) is 11.8 Å². The van der Waals surface area contributed by atoms with Crippen molar-refractivity contribution >= 4 is 64.1 Å². The Morgan fingerprint density at radius 1 is 1.41 bits per heavy atom. The second-order valence-corrected chi connectivity index (χ2v) is 10.2. The highest BCUT2D eigenvalue weighted by Gasteiger charge is 2.53. The van der Waals surface area contributed by atoms with Crippen LogP contribution in [0, 0.1) is 0 Å². The summed E-state index contributed by atoms with van der Waals surface area (Å²) in [5, 5.41) is 19.6. The lowest BCUT2D eigenvalue weighted by atomic mass is 10.0. The molecule has 34 heavy (non-hydrogen) atoms. The van der Waals surface area contributed by atoms with Gasteiger partial charge in [0.05, 0.1) is 31.8 Å². The Labute approximate surface area is 210 Å². The first-order chi connectivity index (χ1) is 15.2. The van der Waals surface area contributed by atoms with Crippen molar-refractivity contribution in [2.75, 3.05) is 45.3 Å². The average Bonchev–Trinajstić information content (AvgIpc) is 3.37. The van der Waals surface area contributed by atoms with Crippen molar-refractivity contribution in [2.24, 2.45) is 5.16 Å². The van der Waals surface area contributed by atoms with Crippen LogP contribution in [0.15, 0.2) is 21.8 Å². The molecule has 2 atom stereocenters. The minimum atomic E-state index is -1.37. The molecule has 3 aliphatic rings. The van der Waals surface area contributed by atoms with Crippen molar-refractivity contribution in [3.05, 3.63) is 22.3 Å². The largest absolute Gasteiger partial charge is 0.543 e. The summed E-state index contributed by atoms with van der Waals surface area (Å²) in [6, 6.07) is -0.891. The van der Waals surface area contributed by atoms with Crippen LogP contribution >= 0.6 is 35.5 Å². The summed E-state index contributed by atoms with van der Waals surface area (Å²) in [7, 11) is 3.39. The number of oxime groups is 1. The standard InChI is InChI=1S/C19H24N6O5S2.ClH.H2O/c1-25(5-3-4-6-25)7-10-8-31-17-13(16(27)24(17)14(10)18(28)29)22-15(26)12(23-30-2)11-9-32-19(20)21-11;;/h9,13,17H,3-8H2,1-2H3,(H3-,20,21,22,26,28,29);1H;1H2/t13-,17-;;/m1../s1. The predicted molar refractivity (Wildman–Crippen MR) is 128 cm³/mol. The number of carboxylic acids is 1. The smallest absolute Gasteiger partial charge is 0.276 e. The summed E-state index contributed by atoms with van der Waals surface area (Å²) in [5.74, 6) is -2.06. The number of hydrogen-bond acceptors (Lipinski definition) is 10. The Balaban J connectivity index is 0.00000204. The Morgan fingerprint density at radius 2 is 2.09 bits per heavy atom. The number of β-lactam (4-membered cyclic amide) rings is 1. The van der Waals surface area contributed by atoms with E-state index in [0.29, 0.717) is 17.9 Å². The van der Waals surface area contributed by atoms with Gasteiger partial charge in [0, 0.05) is 29.5 Å². The molecule has 0 saturated carbocycles. The van der Waals surface area contributed by atoms with Gasteiger partial charge in [0.1, 0.15) is 30.8 Å². The van der Waals surface area contributed by atoms with Crippen molar-refractivity contribution < 1.29 is 34.3 Å². The van der Waals surface area contributed by atoms with E-state index in [4.69, 9.17) is 10.6 Å². The molecule has 0 unspecified atom stereocenters. The number of nitrogens with zero attached hydrogens (tertiary/aromatic N) is 4. The number of thiazole rings is 1. The Kier molecular flexibility index (Phi) is 8.93. The number of quaternary nitrogens is 1. The van der Waals surface area contributed by atoms with Crippen molar-refractivity contribution in [2.45, 2.75) is 24.3 Å². The maximum atomic E-state index is 12.9. The number of nitrogens with one attached hydrogen (secondary N) is 1. The number of nitrogen functional groups attached to an aromatic ring is 1. The number of aromatic nitrogens is 1. The molecule has 1 aromatic heterocycles. The SMILES string of the molecule is CON=C(C(=O)N[C@@H]1C(=O)N2C(C(=O)[O-])=C(C[N+]3(C)CCCC3)CS[C@H]12)c1csc(N)n1.Cl.O. The van der Waals surface area contributed by atoms with Crippen LogP contribution in [0.4, 0.5) is 5.13 Å². The number of carbonyl (C=O) groups is 3. The first kappa shape index (κ1) is 27.9. The van der Waals surface area contributed by atoms with Gasteiger partial charge in [-0.25, -0.2) is 4.98 Å². The summed E-state index contributed by atoms with van der Waals surface area (Å²) in [6.07, 6.45) is 2.21. The molecular formula is C19H27ClN6O6S2. The van der Waals surface area contributed by atoms with Crippen LogP contribution in [-0.2, 0) is 19.2 Å². The van der Waals surface area contributed by atoms with E-state index < -0.39 is 29.2 Å². The molecule has 1 aromatic rings. The lowest BCUT2D eigenvalue weighted by molar-refractivity contribution is -0.893. The third-order valence-electron chi connectivity index (χ3n) is 5.91. The van der Waals surface area contributed by atoms with E-state index in [1.54, 1.807) is 5.38 Å². The zero-order chi connectivity index (χ0) is 23.0. The number of amides is 2. The van der Waals surface area contributed by atoms with Crippen LogP contribution in [0.2, 0.25) is 0 Å². The van der Waals surface area contributed by atoms with Gasteiger partial charge in [-0.05, 0) is 0 Å². The van der Waals surface area contributed by atoms with Crippen LogP contribution < -0.4 is 16.2 Å². The zero-order valence-electron chi connectivity index (χ0n) is 18.6. The highest BCUT2D eigenvalue weighted by Crippen LogP contribution is 2.41. The van der Waals surface area contributed by atoms with E-state index in [2.05, 4.69) is 22.5 Å². The van der Waals surface area contributed by atoms with Crippen molar-refractivity contribution in [3.8, 4) is 0 Å². The first-order valence-electron chi connectivity index (χ1n) is 10.1. The van der Waals surface area contributed by atoms with Crippen LogP contribution in [-0.4, -0.2) is 94.3 Å². The summed E-state index contributed by atoms with van der Waals surface area (Å²) < 4.78 is 0.757. The highest BCUT2D eigenvalue weighted by molar-refractivity contribution is 8.00. The zero-order valence-corrected chi connectivity index (χ0v) is 21.1. The van der Waals surface area contributed by atoms with Gasteiger partial charge in [-0.2, -0.15) is 0 Å². The summed E-state index contributed by atoms with van der Waals surface area (Å²) in [4.78, 5) is 47.7. The molecule has 188 valence electrons. The van der Waals surface area contributed by atoms with E-state index in [-0.39, 0.29) is 40.1 Å². The van der Waals surface area contributed by atoms with Crippen molar-refractivity contribution in [1.82, 2.24) is 15.2 Å². The van der Waals surface area contributed by atoms with E-state index in [1.807, 2.05) is 0 Å². The van der Waals surface area contributed by atoms with Gasteiger partial charge in [-0.1, -0.05) is 5.16 Å². The molecule has 0 aromatic carbocycles. The van der Waals surface area contributed by atoms with Gasteiger partial charge in [0.2, 0.25) is 0 Å². The molecule has 5 N–H and O–H groups in total. The van der Waals surface area contributed by atoms with E-state index in [9.17, 15) is 19.5 Å². The number of thioether (sulfide) groups is 1. The van der Waals surface area contributed by atoms with Crippen LogP contribution in [0.5, 0.6) is 0 Å². The predicted octanol–water partition coefficient (Wildman–Crippen LogP) is -1.68. The lowest BCUT2D eigenvalue weighted by Gasteiger charge is -2.51. The van der Waals surface area contributed by atoms with Gasteiger partial charge in [-0.15, -0.1) is 35.5 Å². The maximum absolute atomic E-state index is 12.9. The molecular weight excluding hydrogens is 508 g/mol. The molecule has 0 spiro atoms. The fourth-order valence-corrected chi connectivity index (χ4v) is 6.30. The van der Waals surface area contributed by atoms with Gasteiger partial charge in [0.15, 0.2) is 10.8 Å². The first-order valence-corrected chi connectivity index (χ1v) is 12.0. The monoisotopic (exact) mass is 534 g/mol.